The second-order valence-corrected chi connectivity index (χ2v) is 4.70. The highest BCUT2D eigenvalue weighted by Crippen LogP contribution is 2.33. The molecule has 0 unspecified atom stereocenters. The van der Waals surface area contributed by atoms with Gasteiger partial charge in [-0.15, -0.1) is 11.3 Å². The third-order valence-corrected chi connectivity index (χ3v) is 3.81. The van der Waals surface area contributed by atoms with Crippen molar-refractivity contribution in [3.63, 3.8) is 0 Å². The van der Waals surface area contributed by atoms with E-state index in [4.69, 9.17) is 11.1 Å². The van der Waals surface area contributed by atoms with E-state index in [0.717, 1.165) is 0 Å². The highest BCUT2D eigenvalue weighted by Gasteiger charge is 2.18. The SMILES string of the molecule is Cc1nc2c(C#N)c(N(C)N)sc2c(=O)n1C. The van der Waals surface area contributed by atoms with Crippen LogP contribution in [-0.4, -0.2) is 16.6 Å². The molecule has 0 aliphatic rings. The summed E-state index contributed by atoms with van der Waals surface area (Å²) in [5, 5.41) is 11.0. The number of rotatable bonds is 1. The number of nitrogens with zero attached hydrogens (tertiary/aromatic N) is 4. The van der Waals surface area contributed by atoms with Crippen molar-refractivity contribution in [1.29, 1.82) is 5.26 Å². The van der Waals surface area contributed by atoms with Crippen LogP contribution in [0.1, 0.15) is 11.4 Å². The fraction of sp³-hybridized carbons (Fsp3) is 0.300. The maximum absolute atomic E-state index is 12.0. The van der Waals surface area contributed by atoms with Gasteiger partial charge in [0.15, 0.2) is 0 Å². The zero-order valence-corrected chi connectivity index (χ0v) is 10.5. The molecule has 7 heteroatoms. The number of nitrogens with two attached hydrogens (primary N) is 1. The van der Waals surface area contributed by atoms with E-state index in [9.17, 15) is 4.79 Å². The largest absolute Gasteiger partial charge is 0.304 e. The number of nitriles is 1. The molecule has 2 aromatic heterocycles. The summed E-state index contributed by atoms with van der Waals surface area (Å²) < 4.78 is 1.92. The number of hydrazine groups is 1. The van der Waals surface area contributed by atoms with Crippen molar-refractivity contribution in [1.82, 2.24) is 9.55 Å². The molecule has 0 amide bonds. The maximum Gasteiger partial charge on any atom is 0.271 e. The number of hydrogen-bond donors (Lipinski definition) is 1. The van der Waals surface area contributed by atoms with Gasteiger partial charge < -0.3 is 5.01 Å². The van der Waals surface area contributed by atoms with Crippen LogP contribution >= 0.6 is 11.3 Å². The molecule has 88 valence electrons. The lowest BCUT2D eigenvalue weighted by Crippen LogP contribution is -2.24. The van der Waals surface area contributed by atoms with Gasteiger partial charge in [-0.3, -0.25) is 9.36 Å². The fourth-order valence-electron chi connectivity index (χ4n) is 1.55. The minimum Gasteiger partial charge on any atom is -0.304 e. The Kier molecular flexibility index (Phi) is 2.61. The second kappa shape index (κ2) is 3.84. The van der Waals surface area contributed by atoms with Gasteiger partial charge in [-0.05, 0) is 6.92 Å². The molecule has 0 atom stereocenters. The molecule has 2 N–H and O–H groups in total. The minimum absolute atomic E-state index is 0.151. The molecule has 0 aliphatic heterocycles. The maximum atomic E-state index is 12.0. The van der Waals surface area contributed by atoms with Crippen LogP contribution < -0.4 is 16.4 Å². The average molecular weight is 249 g/mol. The van der Waals surface area contributed by atoms with Crippen LogP contribution in [0.15, 0.2) is 4.79 Å². The van der Waals surface area contributed by atoms with Gasteiger partial charge in [0.25, 0.3) is 5.56 Å². The van der Waals surface area contributed by atoms with Crippen LogP contribution in [0.25, 0.3) is 10.2 Å². The topological polar surface area (TPSA) is 87.9 Å². The number of anilines is 1. The van der Waals surface area contributed by atoms with Gasteiger partial charge in [-0.1, -0.05) is 0 Å². The van der Waals surface area contributed by atoms with Crippen LogP contribution in [0, 0.1) is 18.3 Å². The summed E-state index contributed by atoms with van der Waals surface area (Å²) in [6.07, 6.45) is 0. The third kappa shape index (κ3) is 1.58. The van der Waals surface area contributed by atoms with Gasteiger partial charge in [-0.2, -0.15) is 5.26 Å². The Hall–Kier alpha value is -1.91. The quantitative estimate of drug-likeness (QED) is 0.587. The van der Waals surface area contributed by atoms with E-state index in [0.29, 0.717) is 26.6 Å². The summed E-state index contributed by atoms with van der Waals surface area (Å²) in [7, 11) is 3.28. The van der Waals surface area contributed by atoms with Crippen molar-refractivity contribution in [3.8, 4) is 6.07 Å². The summed E-state index contributed by atoms with van der Waals surface area (Å²) in [4.78, 5) is 16.3. The monoisotopic (exact) mass is 249 g/mol. The van der Waals surface area contributed by atoms with E-state index < -0.39 is 0 Å². The predicted octanol–water partition coefficient (Wildman–Crippen LogP) is 0.485. The Bertz CT molecular complexity index is 691. The Balaban J connectivity index is 2.99. The summed E-state index contributed by atoms with van der Waals surface area (Å²) >= 11 is 1.19. The van der Waals surface area contributed by atoms with Gasteiger partial charge in [0.05, 0.1) is 0 Å². The Morgan fingerprint density at radius 3 is 2.76 bits per heavy atom. The van der Waals surface area contributed by atoms with E-state index in [1.54, 1.807) is 21.0 Å². The number of thiophene rings is 1. The molecule has 2 rings (SSSR count). The van der Waals surface area contributed by atoms with E-state index in [-0.39, 0.29) is 5.56 Å². The Labute approximate surface area is 101 Å². The van der Waals surface area contributed by atoms with E-state index in [1.165, 1.54) is 20.9 Å². The summed E-state index contributed by atoms with van der Waals surface area (Å²) in [5.41, 5.74) is 0.642. The van der Waals surface area contributed by atoms with E-state index in [1.807, 2.05) is 0 Å². The highest BCUT2D eigenvalue weighted by molar-refractivity contribution is 7.23. The molecule has 0 spiro atoms. The van der Waals surface area contributed by atoms with Crippen LogP contribution in [0.5, 0.6) is 0 Å². The van der Waals surface area contributed by atoms with Gasteiger partial charge >= 0.3 is 0 Å². The number of aromatic nitrogens is 2. The lowest BCUT2D eigenvalue weighted by atomic mass is 10.3. The summed E-state index contributed by atoms with van der Waals surface area (Å²) in [6, 6.07) is 2.05. The van der Waals surface area contributed by atoms with E-state index >= 15 is 0 Å². The molecule has 0 fully saturated rings. The molecule has 0 aromatic carbocycles. The van der Waals surface area contributed by atoms with Crippen molar-refractivity contribution in [2.45, 2.75) is 6.92 Å². The smallest absolute Gasteiger partial charge is 0.271 e. The van der Waals surface area contributed by atoms with Gasteiger partial charge in [-0.25, -0.2) is 10.8 Å². The van der Waals surface area contributed by atoms with Crippen LogP contribution in [0.4, 0.5) is 5.00 Å². The number of fused-ring (bicyclic) bond motifs is 1. The molecule has 0 bridgehead atoms. The molecular weight excluding hydrogens is 238 g/mol. The third-order valence-electron chi connectivity index (χ3n) is 2.55. The van der Waals surface area contributed by atoms with Crippen molar-refractivity contribution >= 4 is 26.6 Å². The van der Waals surface area contributed by atoms with Gasteiger partial charge in [0.2, 0.25) is 0 Å². The Morgan fingerprint density at radius 1 is 1.59 bits per heavy atom. The van der Waals surface area contributed by atoms with Crippen molar-refractivity contribution in [2.75, 3.05) is 12.1 Å². The zero-order valence-electron chi connectivity index (χ0n) is 9.68. The van der Waals surface area contributed by atoms with Gasteiger partial charge in [0, 0.05) is 14.1 Å². The second-order valence-electron chi connectivity index (χ2n) is 3.71. The fourth-order valence-corrected chi connectivity index (χ4v) is 2.60. The molecule has 0 aliphatic carbocycles. The first kappa shape index (κ1) is 11.6. The number of aryl methyl sites for hydroxylation is 1. The molecule has 0 saturated carbocycles. The normalized spacial score (nSPS) is 10.5. The average Bonchev–Trinajstić information content (AvgIpc) is 2.64. The van der Waals surface area contributed by atoms with Gasteiger partial charge in [0.1, 0.15) is 32.7 Å². The van der Waals surface area contributed by atoms with Crippen molar-refractivity contribution in [2.24, 2.45) is 12.9 Å². The van der Waals surface area contributed by atoms with Crippen LogP contribution in [-0.2, 0) is 7.05 Å². The summed E-state index contributed by atoms with van der Waals surface area (Å²) in [5.74, 6) is 6.21. The first-order valence-electron chi connectivity index (χ1n) is 4.86. The molecule has 2 aromatic rings. The molecule has 17 heavy (non-hydrogen) atoms. The van der Waals surface area contributed by atoms with Crippen molar-refractivity contribution < 1.29 is 0 Å². The van der Waals surface area contributed by atoms with Crippen LogP contribution in [0.2, 0.25) is 0 Å². The highest BCUT2D eigenvalue weighted by atomic mass is 32.1. The van der Waals surface area contributed by atoms with Crippen molar-refractivity contribution in [3.05, 3.63) is 21.7 Å². The zero-order chi connectivity index (χ0) is 12.7. The minimum atomic E-state index is -0.151. The molecule has 6 nitrogen and oxygen atoms in total. The predicted molar refractivity (Wildman–Crippen MR) is 66.9 cm³/mol. The molecule has 0 saturated heterocycles. The standard InChI is InChI=1S/C10H11N5OS/c1-5-13-7-6(4-11)10(15(3)12)17-8(7)9(16)14(5)2/h12H2,1-3H3. The van der Waals surface area contributed by atoms with E-state index in [2.05, 4.69) is 11.1 Å². The van der Waals surface area contributed by atoms with Crippen LogP contribution in [0.3, 0.4) is 0 Å². The number of hydrogen-bond acceptors (Lipinski definition) is 6. The Morgan fingerprint density at radius 2 is 2.24 bits per heavy atom. The summed E-state index contributed by atoms with van der Waals surface area (Å²) in [6.45, 7) is 1.73. The first-order valence-corrected chi connectivity index (χ1v) is 5.67. The lowest BCUT2D eigenvalue weighted by Gasteiger charge is -2.07. The lowest BCUT2D eigenvalue weighted by molar-refractivity contribution is 0.794. The molecule has 0 radical (unpaired) electrons. The molecular formula is C10H11N5OS. The first-order chi connectivity index (χ1) is 7.97. The molecule has 2 heterocycles.